The van der Waals surface area contributed by atoms with Crippen LogP contribution in [0.3, 0.4) is 0 Å². The Bertz CT molecular complexity index is 532. The summed E-state index contributed by atoms with van der Waals surface area (Å²) in [6.07, 6.45) is 1.67. The maximum atomic E-state index is 11.8. The zero-order valence-electron chi connectivity index (χ0n) is 8.35. The number of aromatic nitrogens is 3. The second-order valence-corrected chi connectivity index (χ2v) is 4.70. The topological polar surface area (TPSA) is 67.8 Å². The van der Waals surface area contributed by atoms with Crippen molar-refractivity contribution < 1.29 is 4.79 Å². The van der Waals surface area contributed by atoms with Crippen molar-refractivity contribution in [2.45, 2.75) is 6.54 Å². The lowest BCUT2D eigenvalue weighted by atomic mass is 10.3. The van der Waals surface area contributed by atoms with Crippen LogP contribution < -0.4 is 5.32 Å². The van der Waals surface area contributed by atoms with Gasteiger partial charge in [-0.1, -0.05) is 23.2 Å². The van der Waals surface area contributed by atoms with Gasteiger partial charge < -0.3 is 5.32 Å². The van der Waals surface area contributed by atoms with Crippen LogP contribution in [0.15, 0.2) is 18.3 Å². The van der Waals surface area contributed by atoms with Crippen LogP contribution in [0.2, 0.25) is 10.3 Å². The summed E-state index contributed by atoms with van der Waals surface area (Å²) in [5, 5.41) is 9.92. The molecule has 0 aliphatic heterocycles. The van der Waals surface area contributed by atoms with Crippen LogP contribution in [-0.4, -0.2) is 20.5 Å². The van der Waals surface area contributed by atoms with Crippen molar-refractivity contribution in [3.63, 3.8) is 0 Å². The van der Waals surface area contributed by atoms with Gasteiger partial charge in [0.2, 0.25) is 0 Å². The number of nitrogens with one attached hydrogen (secondary N) is 1. The van der Waals surface area contributed by atoms with E-state index < -0.39 is 0 Å². The van der Waals surface area contributed by atoms with Crippen molar-refractivity contribution in [1.29, 1.82) is 0 Å². The van der Waals surface area contributed by atoms with Crippen LogP contribution in [0.1, 0.15) is 15.2 Å². The minimum absolute atomic E-state index is 0.0243. The number of nitrogens with zero attached hydrogens (tertiary/aromatic N) is 3. The maximum Gasteiger partial charge on any atom is 0.254 e. The zero-order chi connectivity index (χ0) is 12.3. The monoisotopic (exact) mass is 288 g/mol. The van der Waals surface area contributed by atoms with Gasteiger partial charge in [0, 0.05) is 11.1 Å². The first-order valence-electron chi connectivity index (χ1n) is 4.53. The fourth-order valence-corrected chi connectivity index (χ4v) is 1.95. The largest absolute Gasteiger partial charge is 0.347 e. The van der Waals surface area contributed by atoms with Gasteiger partial charge >= 0.3 is 0 Å². The molecule has 0 spiro atoms. The molecule has 1 amide bonds. The Kier molecular flexibility index (Phi) is 3.88. The summed E-state index contributed by atoms with van der Waals surface area (Å²) in [5.41, 5.74) is 0.205. The van der Waals surface area contributed by atoms with Gasteiger partial charge in [0.05, 0.1) is 12.1 Å². The fourth-order valence-electron chi connectivity index (χ4n) is 1.11. The number of halogens is 2. The number of amides is 1. The third-order valence-electron chi connectivity index (χ3n) is 1.88. The van der Waals surface area contributed by atoms with Gasteiger partial charge in [0.1, 0.15) is 0 Å². The normalized spacial score (nSPS) is 10.2. The van der Waals surface area contributed by atoms with E-state index >= 15 is 0 Å². The van der Waals surface area contributed by atoms with Crippen molar-refractivity contribution in [2.24, 2.45) is 0 Å². The summed E-state index contributed by atoms with van der Waals surface area (Å²) < 4.78 is 3.93. The smallest absolute Gasteiger partial charge is 0.254 e. The second kappa shape index (κ2) is 5.39. The Labute approximate surface area is 111 Å². The molecule has 0 aliphatic rings. The summed E-state index contributed by atoms with van der Waals surface area (Å²) in [7, 11) is 0. The molecular weight excluding hydrogens is 283 g/mol. The first kappa shape index (κ1) is 12.2. The van der Waals surface area contributed by atoms with Crippen molar-refractivity contribution in [1.82, 2.24) is 19.9 Å². The van der Waals surface area contributed by atoms with E-state index in [0.717, 1.165) is 4.88 Å². The number of carbonyl (C=O) groups excluding carboxylic acids is 1. The molecule has 0 bridgehead atoms. The van der Waals surface area contributed by atoms with E-state index in [1.54, 1.807) is 6.20 Å². The zero-order valence-corrected chi connectivity index (χ0v) is 10.7. The highest BCUT2D eigenvalue weighted by molar-refractivity contribution is 7.05. The Balaban J connectivity index is 2.07. The third kappa shape index (κ3) is 3.12. The van der Waals surface area contributed by atoms with E-state index in [-0.39, 0.29) is 21.8 Å². The molecule has 0 fully saturated rings. The van der Waals surface area contributed by atoms with Crippen molar-refractivity contribution >= 4 is 40.6 Å². The predicted molar refractivity (Wildman–Crippen MR) is 65.3 cm³/mol. The van der Waals surface area contributed by atoms with E-state index in [9.17, 15) is 4.79 Å². The van der Waals surface area contributed by atoms with E-state index in [4.69, 9.17) is 23.2 Å². The van der Waals surface area contributed by atoms with Gasteiger partial charge in [-0.05, 0) is 23.7 Å². The Morgan fingerprint density at radius 1 is 1.41 bits per heavy atom. The van der Waals surface area contributed by atoms with E-state index in [0.29, 0.717) is 6.54 Å². The fraction of sp³-hybridized carbons (Fsp3) is 0.111. The molecule has 0 radical (unpaired) electrons. The molecule has 0 aromatic carbocycles. The van der Waals surface area contributed by atoms with Gasteiger partial charge in [-0.3, -0.25) is 4.79 Å². The highest BCUT2D eigenvalue weighted by Crippen LogP contribution is 2.15. The molecular formula is C9H6Cl2N4OS. The quantitative estimate of drug-likeness (QED) is 0.940. The predicted octanol–water partition coefficient (Wildman–Crippen LogP) is 2.17. The first-order chi connectivity index (χ1) is 8.16. The first-order valence-corrected chi connectivity index (χ1v) is 6.06. The summed E-state index contributed by atoms with van der Waals surface area (Å²) >= 11 is 12.7. The average Bonchev–Trinajstić information content (AvgIpc) is 2.82. The number of rotatable bonds is 3. The molecule has 0 unspecified atom stereocenters. The lowest BCUT2D eigenvalue weighted by Crippen LogP contribution is -2.23. The molecule has 2 heterocycles. The van der Waals surface area contributed by atoms with Gasteiger partial charge in [-0.2, -0.15) is 0 Å². The molecule has 0 aliphatic carbocycles. The Morgan fingerprint density at radius 2 is 2.24 bits per heavy atom. The van der Waals surface area contributed by atoms with Gasteiger partial charge in [-0.15, -0.1) is 10.2 Å². The second-order valence-electron chi connectivity index (χ2n) is 3.03. The molecule has 0 atom stereocenters. The molecule has 2 aromatic rings. The summed E-state index contributed by atoms with van der Waals surface area (Å²) in [4.78, 5) is 12.7. The van der Waals surface area contributed by atoms with Crippen molar-refractivity contribution in [2.75, 3.05) is 0 Å². The molecule has 2 aromatic heterocycles. The number of hydrogen-bond donors (Lipinski definition) is 1. The molecule has 1 N–H and O–H groups in total. The number of hydrogen-bond acceptors (Lipinski definition) is 5. The highest BCUT2D eigenvalue weighted by Gasteiger charge is 2.12. The van der Waals surface area contributed by atoms with Gasteiger partial charge in [0.15, 0.2) is 10.3 Å². The van der Waals surface area contributed by atoms with Gasteiger partial charge in [-0.25, -0.2) is 4.37 Å². The summed E-state index contributed by atoms with van der Waals surface area (Å²) in [6, 6.07) is 3.20. The lowest BCUT2D eigenvalue weighted by molar-refractivity contribution is 0.0951. The molecule has 5 nitrogen and oxygen atoms in total. The molecule has 17 heavy (non-hydrogen) atoms. The summed E-state index contributed by atoms with van der Waals surface area (Å²) in [6.45, 7) is 0.389. The maximum absolute atomic E-state index is 11.8. The lowest BCUT2D eigenvalue weighted by Gasteiger charge is -2.04. The minimum atomic E-state index is -0.347. The molecule has 2 rings (SSSR count). The molecule has 88 valence electrons. The van der Waals surface area contributed by atoms with Gasteiger partial charge in [0.25, 0.3) is 5.91 Å². The van der Waals surface area contributed by atoms with Crippen LogP contribution in [0.5, 0.6) is 0 Å². The van der Waals surface area contributed by atoms with Crippen molar-refractivity contribution in [3.05, 3.63) is 39.1 Å². The van der Waals surface area contributed by atoms with Crippen LogP contribution >= 0.6 is 34.7 Å². The number of carbonyl (C=O) groups is 1. The Hall–Kier alpha value is -1.24. The van der Waals surface area contributed by atoms with E-state index in [1.165, 1.54) is 17.6 Å². The van der Waals surface area contributed by atoms with Crippen LogP contribution in [0, 0.1) is 0 Å². The minimum Gasteiger partial charge on any atom is -0.347 e. The Morgan fingerprint density at radius 3 is 2.94 bits per heavy atom. The van der Waals surface area contributed by atoms with Crippen LogP contribution in [-0.2, 0) is 6.54 Å². The van der Waals surface area contributed by atoms with Crippen LogP contribution in [0.4, 0.5) is 0 Å². The van der Waals surface area contributed by atoms with Crippen LogP contribution in [0.25, 0.3) is 0 Å². The van der Waals surface area contributed by atoms with E-state index in [1.807, 2.05) is 6.07 Å². The molecule has 0 saturated heterocycles. The van der Waals surface area contributed by atoms with E-state index in [2.05, 4.69) is 19.9 Å². The third-order valence-corrected chi connectivity index (χ3v) is 3.08. The SMILES string of the molecule is O=C(NCc1ccns1)c1cc(Cl)nnc1Cl. The van der Waals surface area contributed by atoms with Crippen molar-refractivity contribution in [3.8, 4) is 0 Å². The average molecular weight is 289 g/mol. The summed E-state index contributed by atoms with van der Waals surface area (Å²) in [5.74, 6) is -0.347. The molecule has 0 saturated carbocycles. The standard InChI is InChI=1S/C9H6Cl2N4OS/c10-7-3-6(8(11)15-14-7)9(16)12-4-5-1-2-13-17-5/h1-3H,4H2,(H,12,16). The highest BCUT2D eigenvalue weighted by atomic mass is 35.5. The molecule has 8 heteroatoms.